The van der Waals surface area contributed by atoms with Crippen molar-refractivity contribution in [2.45, 2.75) is 12.8 Å². The van der Waals surface area contributed by atoms with Crippen LogP contribution in [0.25, 0.3) is 0 Å². The number of anilines is 1. The summed E-state index contributed by atoms with van der Waals surface area (Å²) in [6.45, 7) is 4.07. The summed E-state index contributed by atoms with van der Waals surface area (Å²) in [5.41, 5.74) is 4.05. The molecule has 0 spiro atoms. The number of carbonyl (C=O) groups is 1. The van der Waals surface area contributed by atoms with Crippen molar-refractivity contribution in [3.8, 4) is 0 Å². The molecule has 0 aliphatic carbocycles. The van der Waals surface area contributed by atoms with Crippen molar-refractivity contribution >= 4 is 11.6 Å². The Labute approximate surface area is 114 Å². The number of carbonyl (C=O) groups excluding carboxylic acids is 1. The molecule has 1 saturated heterocycles. The lowest BCUT2D eigenvalue weighted by Crippen LogP contribution is -2.35. The summed E-state index contributed by atoms with van der Waals surface area (Å²) in [4.78, 5) is 16.4. The lowest BCUT2D eigenvalue weighted by Gasteiger charge is -2.21. The van der Waals surface area contributed by atoms with Gasteiger partial charge in [0.2, 0.25) is 0 Å². The summed E-state index contributed by atoms with van der Waals surface area (Å²) < 4.78 is 0. The molecule has 1 aliphatic rings. The van der Waals surface area contributed by atoms with E-state index in [1.165, 1.54) is 25.9 Å². The molecular formula is C14H22N4O. The Morgan fingerprint density at radius 2 is 1.95 bits per heavy atom. The molecule has 0 aromatic heterocycles. The molecule has 1 aromatic rings. The summed E-state index contributed by atoms with van der Waals surface area (Å²) >= 11 is 0. The van der Waals surface area contributed by atoms with E-state index in [9.17, 15) is 4.79 Å². The van der Waals surface area contributed by atoms with Crippen LogP contribution in [0.1, 0.15) is 23.2 Å². The molecule has 104 valence electrons. The minimum absolute atomic E-state index is 0.0581. The van der Waals surface area contributed by atoms with E-state index < -0.39 is 0 Å². The molecule has 5 heteroatoms. The number of hydrogen-bond donors (Lipinski definition) is 2. The first-order chi connectivity index (χ1) is 9.20. The van der Waals surface area contributed by atoms with Crippen molar-refractivity contribution in [2.24, 2.45) is 5.84 Å². The van der Waals surface area contributed by atoms with Gasteiger partial charge in [-0.1, -0.05) is 0 Å². The highest BCUT2D eigenvalue weighted by Crippen LogP contribution is 2.11. The molecule has 2 rings (SSSR count). The van der Waals surface area contributed by atoms with Crippen molar-refractivity contribution in [2.75, 3.05) is 38.7 Å². The van der Waals surface area contributed by atoms with Gasteiger partial charge in [0, 0.05) is 31.4 Å². The first kappa shape index (κ1) is 13.8. The Morgan fingerprint density at radius 1 is 1.32 bits per heavy atom. The number of likely N-dealkylation sites (N-methyl/N-ethyl adjacent to an activating group) is 1. The molecule has 1 aliphatic heterocycles. The van der Waals surface area contributed by atoms with Crippen LogP contribution >= 0.6 is 0 Å². The molecule has 0 radical (unpaired) electrons. The maximum absolute atomic E-state index is 12.2. The summed E-state index contributed by atoms with van der Waals surface area (Å²) in [6, 6.07) is 7.21. The molecule has 3 N–H and O–H groups in total. The highest BCUT2D eigenvalue weighted by atomic mass is 16.2. The molecule has 5 nitrogen and oxygen atoms in total. The van der Waals surface area contributed by atoms with Crippen molar-refractivity contribution < 1.29 is 4.79 Å². The molecule has 0 saturated carbocycles. The first-order valence-electron chi connectivity index (χ1n) is 6.75. The summed E-state index contributed by atoms with van der Waals surface area (Å²) in [7, 11) is 1.85. The van der Waals surface area contributed by atoms with Crippen LogP contribution < -0.4 is 11.3 Å². The van der Waals surface area contributed by atoms with E-state index in [1.807, 2.05) is 19.2 Å². The Morgan fingerprint density at radius 3 is 2.53 bits per heavy atom. The smallest absolute Gasteiger partial charge is 0.253 e. The van der Waals surface area contributed by atoms with Crippen LogP contribution in [0.2, 0.25) is 0 Å². The van der Waals surface area contributed by atoms with Crippen molar-refractivity contribution in [1.82, 2.24) is 9.80 Å². The number of nitrogen functional groups attached to an aromatic ring is 1. The predicted molar refractivity (Wildman–Crippen MR) is 76.9 cm³/mol. The van der Waals surface area contributed by atoms with E-state index in [0.717, 1.165) is 18.8 Å². The quantitative estimate of drug-likeness (QED) is 0.617. The second kappa shape index (κ2) is 6.54. The van der Waals surface area contributed by atoms with Gasteiger partial charge < -0.3 is 15.2 Å². The Kier molecular flexibility index (Phi) is 4.76. The zero-order valence-corrected chi connectivity index (χ0v) is 11.4. The van der Waals surface area contributed by atoms with Crippen LogP contribution in [0, 0.1) is 0 Å². The van der Waals surface area contributed by atoms with E-state index in [0.29, 0.717) is 5.56 Å². The van der Waals surface area contributed by atoms with Crippen LogP contribution in [-0.4, -0.2) is 48.9 Å². The SMILES string of the molecule is CN(CCN1CCCC1)C(=O)c1ccc(NN)cc1. The van der Waals surface area contributed by atoms with Gasteiger partial charge in [-0.15, -0.1) is 0 Å². The van der Waals surface area contributed by atoms with Crippen LogP contribution in [-0.2, 0) is 0 Å². The summed E-state index contributed by atoms with van der Waals surface area (Å²) in [5.74, 6) is 5.36. The number of nitrogens with zero attached hydrogens (tertiary/aromatic N) is 2. The van der Waals surface area contributed by atoms with Crippen LogP contribution in [0.3, 0.4) is 0 Å². The van der Waals surface area contributed by atoms with Crippen LogP contribution in [0.5, 0.6) is 0 Å². The molecule has 1 fully saturated rings. The lowest BCUT2D eigenvalue weighted by atomic mass is 10.2. The third-order valence-electron chi connectivity index (χ3n) is 3.60. The van der Waals surface area contributed by atoms with E-state index in [4.69, 9.17) is 5.84 Å². The zero-order chi connectivity index (χ0) is 13.7. The average molecular weight is 262 g/mol. The molecular weight excluding hydrogens is 240 g/mol. The zero-order valence-electron chi connectivity index (χ0n) is 11.4. The van der Waals surface area contributed by atoms with Gasteiger partial charge in [-0.3, -0.25) is 10.6 Å². The predicted octanol–water partition coefficient (Wildman–Crippen LogP) is 1.14. The average Bonchev–Trinajstić information content (AvgIpc) is 2.97. The molecule has 1 amide bonds. The third kappa shape index (κ3) is 3.68. The van der Waals surface area contributed by atoms with Gasteiger partial charge in [0.15, 0.2) is 0 Å². The van der Waals surface area contributed by atoms with Gasteiger partial charge in [0.05, 0.1) is 0 Å². The first-order valence-corrected chi connectivity index (χ1v) is 6.75. The van der Waals surface area contributed by atoms with Crippen LogP contribution in [0.4, 0.5) is 5.69 Å². The normalized spacial score (nSPS) is 15.5. The van der Waals surface area contributed by atoms with Crippen molar-refractivity contribution in [3.05, 3.63) is 29.8 Å². The highest BCUT2D eigenvalue weighted by molar-refractivity contribution is 5.94. The van der Waals surface area contributed by atoms with Crippen molar-refractivity contribution in [3.63, 3.8) is 0 Å². The second-order valence-electron chi connectivity index (χ2n) is 5.00. The standard InChI is InChI=1S/C14H22N4O/c1-17(10-11-18-8-2-3-9-18)14(19)12-4-6-13(16-15)7-5-12/h4-7,16H,2-3,8-11,15H2,1H3. The van der Waals surface area contributed by atoms with Gasteiger partial charge in [-0.2, -0.15) is 0 Å². The monoisotopic (exact) mass is 262 g/mol. The van der Waals surface area contributed by atoms with Crippen LogP contribution in [0.15, 0.2) is 24.3 Å². The topological polar surface area (TPSA) is 61.6 Å². The minimum atomic E-state index is 0.0581. The van der Waals surface area contributed by atoms with E-state index in [1.54, 1.807) is 17.0 Å². The second-order valence-corrected chi connectivity index (χ2v) is 5.00. The molecule has 0 atom stereocenters. The molecule has 0 bridgehead atoms. The van der Waals surface area contributed by atoms with Crippen molar-refractivity contribution in [1.29, 1.82) is 0 Å². The minimum Gasteiger partial charge on any atom is -0.340 e. The Balaban J connectivity index is 1.86. The fraction of sp³-hybridized carbons (Fsp3) is 0.500. The van der Waals surface area contributed by atoms with Gasteiger partial charge in [-0.25, -0.2) is 0 Å². The number of hydrogen-bond acceptors (Lipinski definition) is 4. The maximum Gasteiger partial charge on any atom is 0.253 e. The van der Waals surface area contributed by atoms with Gasteiger partial charge in [0.1, 0.15) is 0 Å². The molecule has 1 aromatic carbocycles. The number of hydrazine groups is 1. The van der Waals surface area contributed by atoms with E-state index >= 15 is 0 Å². The summed E-state index contributed by atoms with van der Waals surface area (Å²) in [6.07, 6.45) is 2.57. The number of nitrogens with two attached hydrogens (primary N) is 1. The summed E-state index contributed by atoms with van der Waals surface area (Å²) in [5, 5.41) is 0. The number of benzene rings is 1. The third-order valence-corrected chi connectivity index (χ3v) is 3.60. The maximum atomic E-state index is 12.2. The Bertz CT molecular complexity index is 412. The number of likely N-dealkylation sites (tertiary alicyclic amines) is 1. The lowest BCUT2D eigenvalue weighted by molar-refractivity contribution is 0.0782. The molecule has 0 unspecified atom stereocenters. The van der Waals surface area contributed by atoms with E-state index in [2.05, 4.69) is 10.3 Å². The number of amides is 1. The number of rotatable bonds is 5. The van der Waals surface area contributed by atoms with E-state index in [-0.39, 0.29) is 5.91 Å². The van der Waals surface area contributed by atoms with Gasteiger partial charge >= 0.3 is 0 Å². The van der Waals surface area contributed by atoms with Gasteiger partial charge in [0.25, 0.3) is 5.91 Å². The van der Waals surface area contributed by atoms with Gasteiger partial charge in [-0.05, 0) is 50.2 Å². The molecule has 19 heavy (non-hydrogen) atoms. The molecule has 1 heterocycles. The fourth-order valence-corrected chi connectivity index (χ4v) is 2.33. The fourth-order valence-electron chi connectivity index (χ4n) is 2.33. The highest BCUT2D eigenvalue weighted by Gasteiger charge is 2.15. The largest absolute Gasteiger partial charge is 0.340 e. The Hall–Kier alpha value is -1.59. The number of nitrogens with one attached hydrogen (secondary N) is 1.